The second-order valence-electron chi connectivity index (χ2n) is 0.882. The Morgan fingerprint density at radius 1 is 1.67 bits per heavy atom. The minimum atomic E-state index is -4.19. The molecule has 0 saturated carbocycles. The van der Waals surface area contributed by atoms with Crippen LogP contribution in [0.4, 0.5) is 0 Å². The Bertz CT molecular complexity index is 185. The molecule has 0 radical (unpaired) electrons. The molecule has 0 atom stereocenters. The Morgan fingerprint density at radius 3 is 2.00 bits per heavy atom. The smallest absolute Gasteiger partial charge is 0.269 e. The van der Waals surface area contributed by atoms with Crippen molar-refractivity contribution in [1.29, 1.82) is 0 Å². The summed E-state index contributed by atoms with van der Waals surface area (Å²) in [4.78, 5) is 0. The predicted molar refractivity (Wildman–Crippen MR) is 36.3 cm³/mol. The molecule has 9 heavy (non-hydrogen) atoms. The Hall–Kier alpha value is 0.773. The van der Waals surface area contributed by atoms with Gasteiger partial charge in [-0.3, -0.25) is 4.55 Å². The summed E-state index contributed by atoms with van der Waals surface area (Å²) in [6.07, 6.45) is 0. The number of hydrogen-bond donors (Lipinski definition) is 3. The minimum Gasteiger partial charge on any atom is -0.269 e. The van der Waals surface area contributed by atoms with Gasteiger partial charge < -0.3 is 0 Å². The molecule has 0 aromatic heterocycles. The van der Waals surface area contributed by atoms with E-state index in [1.807, 2.05) is 0 Å². The molecule has 0 unspecified atom stereocenters. The Balaban J connectivity index is 0. The first-order valence-electron chi connectivity index (χ1n) is 1.40. The van der Waals surface area contributed by atoms with Gasteiger partial charge in [0.05, 0.1) is 0 Å². The molecular weight excluding hydrogens is 236 g/mol. The molecule has 0 fully saturated rings. The van der Waals surface area contributed by atoms with E-state index in [-0.39, 0.29) is 23.8 Å². The Morgan fingerprint density at radius 2 is 2.00 bits per heavy atom. The maximum absolute atomic E-state index is 9.75. The van der Waals surface area contributed by atoms with Gasteiger partial charge in [0, 0.05) is 19.5 Å². The first kappa shape index (κ1) is 12.4. The molecule has 0 bridgehead atoms. The van der Waals surface area contributed by atoms with Gasteiger partial charge in [-0.1, -0.05) is 12.2 Å². The molecule has 0 aliphatic carbocycles. The van der Waals surface area contributed by atoms with E-state index in [0.717, 1.165) is 0 Å². The van der Waals surface area contributed by atoms with E-state index in [2.05, 4.69) is 24.8 Å². The molecule has 0 aliphatic rings. The molecule has 0 saturated heterocycles. The third kappa shape index (κ3) is 12.1. The van der Waals surface area contributed by atoms with Crippen molar-refractivity contribution in [2.24, 2.45) is 0 Å². The second kappa shape index (κ2) is 4.57. The zero-order valence-electron chi connectivity index (χ0n) is 4.23. The normalized spacial score (nSPS) is 9.56. The van der Waals surface area contributed by atoms with Crippen LogP contribution in [0.15, 0.2) is 0 Å². The van der Waals surface area contributed by atoms with Gasteiger partial charge in [-0.05, 0) is 0 Å². The van der Waals surface area contributed by atoms with Gasteiger partial charge in [0.1, 0.15) is 4.32 Å². The largest absolute Gasteiger partial charge is 0.358 e. The van der Waals surface area contributed by atoms with Crippen LogP contribution in [0.2, 0.25) is 0 Å². The summed E-state index contributed by atoms with van der Waals surface area (Å²) in [6.45, 7) is 0. The molecule has 0 aromatic carbocycles. The Kier molecular flexibility index (Phi) is 6.32. The average molecular weight is 239 g/mol. The summed E-state index contributed by atoms with van der Waals surface area (Å²) in [5.41, 5.74) is 0. The summed E-state index contributed by atoms with van der Waals surface area (Å²) in [5.74, 6) is 0. The van der Waals surface area contributed by atoms with E-state index in [1.54, 1.807) is 0 Å². The molecule has 2 N–H and O–H groups in total. The maximum atomic E-state index is 9.75. The topological polar surface area (TPSA) is 66.4 Å². The minimum absolute atomic E-state index is 0. The van der Waals surface area contributed by atoms with E-state index in [4.69, 9.17) is 4.55 Å². The summed E-state index contributed by atoms with van der Waals surface area (Å²) >= 11 is 7.53. The molecule has 0 aromatic rings. The quantitative estimate of drug-likeness (QED) is 0.252. The summed E-state index contributed by atoms with van der Waals surface area (Å²) in [6, 6.07) is 0. The maximum Gasteiger partial charge on any atom is 0.358 e. The van der Waals surface area contributed by atoms with Crippen LogP contribution in [-0.2, 0) is 29.8 Å². The van der Waals surface area contributed by atoms with Gasteiger partial charge in [-0.15, -0.1) is 12.6 Å². The van der Waals surface area contributed by atoms with E-state index >= 15 is 0 Å². The van der Waals surface area contributed by atoms with E-state index < -0.39 is 10.3 Å². The molecule has 0 aliphatic heterocycles. The molecule has 4 nitrogen and oxygen atoms in total. The van der Waals surface area contributed by atoms with Gasteiger partial charge in [-0.25, -0.2) is 4.72 Å². The number of rotatable bonds is 1. The van der Waals surface area contributed by atoms with Crippen molar-refractivity contribution in [2.75, 3.05) is 0 Å². The fourth-order valence-corrected chi connectivity index (χ4v) is 0.993. The first-order chi connectivity index (χ1) is 3.42. The van der Waals surface area contributed by atoms with Crippen LogP contribution in [0.3, 0.4) is 0 Å². The number of nitrogens with one attached hydrogen (secondary N) is 1. The number of thiocarbonyl (C=S) groups is 1. The summed E-state index contributed by atoms with van der Waals surface area (Å²) in [7, 11) is -4.19. The molecule has 0 heterocycles. The van der Waals surface area contributed by atoms with Crippen molar-refractivity contribution < 1.29 is 32.4 Å². The molecule has 50 valence electrons. The van der Waals surface area contributed by atoms with E-state index in [1.165, 1.54) is 4.72 Å². The molecule has 8 heteroatoms. The molecule has 0 spiro atoms. The summed E-state index contributed by atoms with van der Waals surface area (Å²) in [5, 5.41) is 0. The van der Waals surface area contributed by atoms with Crippen LogP contribution in [0, 0.1) is 0 Å². The fraction of sp³-hybridized carbons (Fsp3) is 0. The fourth-order valence-electron chi connectivity index (χ4n) is 0.110. The van der Waals surface area contributed by atoms with Crippen molar-refractivity contribution in [3.8, 4) is 0 Å². The van der Waals surface area contributed by atoms with Crippen LogP contribution in [0.25, 0.3) is 0 Å². The summed E-state index contributed by atoms with van der Waals surface area (Å²) < 4.78 is 28.6. The second-order valence-corrected chi connectivity index (χ2v) is 3.19. The van der Waals surface area contributed by atoms with E-state index in [0.29, 0.717) is 0 Å². The van der Waals surface area contributed by atoms with Gasteiger partial charge in [-0.2, -0.15) is 8.42 Å². The zero-order valence-corrected chi connectivity index (χ0v) is 9.73. The first-order valence-corrected chi connectivity index (χ1v) is 3.69. The molecule has 0 rings (SSSR count). The van der Waals surface area contributed by atoms with Crippen molar-refractivity contribution in [2.45, 2.75) is 0 Å². The van der Waals surface area contributed by atoms with Crippen LogP contribution < -0.4 is 4.72 Å². The van der Waals surface area contributed by atoms with Gasteiger partial charge >= 0.3 is 10.3 Å². The number of thiol groups is 1. The van der Waals surface area contributed by atoms with Crippen molar-refractivity contribution in [1.82, 2.24) is 4.72 Å². The van der Waals surface area contributed by atoms with Crippen LogP contribution in [0.5, 0.6) is 0 Å². The van der Waals surface area contributed by atoms with Crippen molar-refractivity contribution in [3.05, 3.63) is 0 Å². The molecular formula is CH3NO3S3Zn. The number of hydrogen-bond acceptors (Lipinski definition) is 3. The third-order valence-electron chi connectivity index (χ3n) is 0.216. The molecule has 0 amide bonds. The van der Waals surface area contributed by atoms with Gasteiger partial charge in [0.25, 0.3) is 0 Å². The standard InChI is InChI=1S/CH3NO3S3.Zn/c3-8(4,5)2-1(6)7;/h(H2,2,6,7)(H,3,4,5);. The van der Waals surface area contributed by atoms with Crippen molar-refractivity contribution in [3.63, 3.8) is 0 Å². The predicted octanol–water partition coefficient (Wildman–Crippen LogP) is -0.409. The van der Waals surface area contributed by atoms with Crippen LogP contribution in [0.1, 0.15) is 0 Å². The third-order valence-corrected chi connectivity index (χ3v) is 1.17. The van der Waals surface area contributed by atoms with Crippen LogP contribution in [-0.4, -0.2) is 17.3 Å². The van der Waals surface area contributed by atoms with Crippen molar-refractivity contribution >= 4 is 39.5 Å². The van der Waals surface area contributed by atoms with Gasteiger partial charge in [0.2, 0.25) is 0 Å². The Labute approximate surface area is 76.5 Å². The monoisotopic (exact) mass is 237 g/mol. The zero-order chi connectivity index (χ0) is 6.78. The van der Waals surface area contributed by atoms with E-state index in [9.17, 15) is 8.42 Å². The van der Waals surface area contributed by atoms with Gasteiger partial charge in [0.15, 0.2) is 0 Å². The average Bonchev–Trinajstić information content (AvgIpc) is 1.21. The SMILES string of the molecule is O=S(=O)(O)NC(=S)S.[Zn]. The van der Waals surface area contributed by atoms with Crippen LogP contribution >= 0.6 is 24.8 Å².